The van der Waals surface area contributed by atoms with Crippen LogP contribution in [0.25, 0.3) is 9.40 Å². The molecule has 1 atom stereocenters. The van der Waals surface area contributed by atoms with Crippen LogP contribution in [0.5, 0.6) is 0 Å². The van der Waals surface area contributed by atoms with E-state index in [1.807, 2.05) is 24.4 Å². The molecule has 0 fully saturated rings. The predicted molar refractivity (Wildman–Crippen MR) is 86.2 cm³/mol. The second-order valence-corrected chi connectivity index (χ2v) is 6.88. The Morgan fingerprint density at radius 1 is 1.14 bits per heavy atom. The molecule has 2 heterocycles. The second kappa shape index (κ2) is 6.22. The Morgan fingerprint density at radius 3 is 2.57 bits per heavy atom. The lowest BCUT2D eigenvalue weighted by molar-refractivity contribution is 0.506. The van der Waals surface area contributed by atoms with E-state index in [4.69, 9.17) is 0 Å². The third-order valence-corrected chi connectivity index (χ3v) is 5.49. The SMILES string of the molecule is CCCNC(c1cc2sccc2s1)c1c(F)cccc1F. The number of fused-ring (bicyclic) bond motifs is 1. The molecule has 0 aliphatic heterocycles. The third-order valence-electron chi connectivity index (χ3n) is 3.33. The van der Waals surface area contributed by atoms with Crippen molar-refractivity contribution in [3.05, 3.63) is 57.8 Å². The van der Waals surface area contributed by atoms with Crippen LogP contribution in [0.4, 0.5) is 8.78 Å². The minimum atomic E-state index is -0.500. The van der Waals surface area contributed by atoms with Crippen LogP contribution in [0.1, 0.15) is 29.8 Å². The van der Waals surface area contributed by atoms with Crippen molar-refractivity contribution in [1.82, 2.24) is 5.32 Å². The second-order valence-electron chi connectivity index (χ2n) is 4.82. The van der Waals surface area contributed by atoms with Crippen LogP contribution >= 0.6 is 22.7 Å². The van der Waals surface area contributed by atoms with Crippen molar-refractivity contribution >= 4 is 32.1 Å². The summed E-state index contributed by atoms with van der Waals surface area (Å²) in [4.78, 5) is 0.953. The highest BCUT2D eigenvalue weighted by Gasteiger charge is 2.23. The first-order valence-electron chi connectivity index (χ1n) is 6.85. The molecule has 1 unspecified atom stereocenters. The number of hydrogen-bond acceptors (Lipinski definition) is 3. The lowest BCUT2D eigenvalue weighted by Crippen LogP contribution is -2.24. The molecule has 3 rings (SSSR count). The summed E-state index contributed by atoms with van der Waals surface area (Å²) < 4.78 is 30.6. The molecule has 5 heteroatoms. The molecule has 0 saturated carbocycles. The van der Waals surface area contributed by atoms with E-state index in [2.05, 4.69) is 5.32 Å². The topological polar surface area (TPSA) is 12.0 Å². The fraction of sp³-hybridized carbons (Fsp3) is 0.250. The van der Waals surface area contributed by atoms with Gasteiger partial charge in [-0.15, -0.1) is 22.7 Å². The maximum Gasteiger partial charge on any atom is 0.131 e. The number of hydrogen-bond donors (Lipinski definition) is 1. The van der Waals surface area contributed by atoms with E-state index in [0.29, 0.717) is 6.54 Å². The minimum absolute atomic E-state index is 0.111. The zero-order valence-electron chi connectivity index (χ0n) is 11.5. The molecule has 0 amide bonds. The van der Waals surface area contributed by atoms with E-state index in [-0.39, 0.29) is 5.56 Å². The van der Waals surface area contributed by atoms with Gasteiger partial charge in [-0.2, -0.15) is 0 Å². The van der Waals surface area contributed by atoms with E-state index >= 15 is 0 Å². The van der Waals surface area contributed by atoms with Gasteiger partial charge in [0.15, 0.2) is 0 Å². The van der Waals surface area contributed by atoms with Gasteiger partial charge in [-0.25, -0.2) is 8.78 Å². The van der Waals surface area contributed by atoms with Gasteiger partial charge in [0.05, 0.1) is 6.04 Å². The molecule has 0 spiro atoms. The Kier molecular flexibility index (Phi) is 4.33. The summed E-state index contributed by atoms with van der Waals surface area (Å²) in [6.45, 7) is 2.75. The van der Waals surface area contributed by atoms with Gasteiger partial charge < -0.3 is 5.32 Å². The highest BCUT2D eigenvalue weighted by molar-refractivity contribution is 7.27. The van der Waals surface area contributed by atoms with E-state index in [9.17, 15) is 8.78 Å². The van der Waals surface area contributed by atoms with Crippen LogP contribution in [0.2, 0.25) is 0 Å². The molecule has 0 radical (unpaired) electrons. The summed E-state index contributed by atoms with van der Waals surface area (Å²) in [5.41, 5.74) is 0.111. The Bertz CT molecular complexity index is 699. The van der Waals surface area contributed by atoms with Crippen LogP contribution in [0.15, 0.2) is 35.7 Å². The largest absolute Gasteiger partial charge is 0.305 e. The maximum atomic E-state index is 14.1. The lowest BCUT2D eigenvalue weighted by atomic mass is 10.0. The smallest absolute Gasteiger partial charge is 0.131 e. The van der Waals surface area contributed by atoms with Crippen LogP contribution in [0.3, 0.4) is 0 Å². The van der Waals surface area contributed by atoms with Crippen molar-refractivity contribution in [1.29, 1.82) is 0 Å². The predicted octanol–water partition coefficient (Wildman–Crippen LogP) is 5.33. The van der Waals surface area contributed by atoms with E-state index in [1.54, 1.807) is 22.7 Å². The molecular weight excluding hydrogens is 308 g/mol. The Hall–Kier alpha value is -1.30. The van der Waals surface area contributed by atoms with Gasteiger partial charge in [-0.1, -0.05) is 13.0 Å². The molecule has 1 nitrogen and oxygen atoms in total. The average molecular weight is 323 g/mol. The summed E-state index contributed by atoms with van der Waals surface area (Å²) >= 11 is 3.24. The van der Waals surface area contributed by atoms with Crippen LogP contribution in [0, 0.1) is 11.6 Å². The van der Waals surface area contributed by atoms with Crippen molar-refractivity contribution in [3.8, 4) is 0 Å². The fourth-order valence-corrected chi connectivity index (χ4v) is 4.55. The molecule has 0 saturated heterocycles. The first-order valence-corrected chi connectivity index (χ1v) is 8.54. The molecule has 0 bridgehead atoms. The molecule has 3 aromatic rings. The van der Waals surface area contributed by atoms with Crippen LogP contribution in [-0.4, -0.2) is 6.54 Å². The van der Waals surface area contributed by atoms with Crippen LogP contribution in [-0.2, 0) is 0 Å². The summed E-state index contributed by atoms with van der Waals surface area (Å²) in [7, 11) is 0. The lowest BCUT2D eigenvalue weighted by Gasteiger charge is -2.19. The van der Waals surface area contributed by atoms with Gasteiger partial charge in [0.2, 0.25) is 0 Å². The summed E-state index contributed by atoms with van der Waals surface area (Å²) in [5, 5.41) is 5.30. The molecule has 0 aliphatic carbocycles. The fourth-order valence-electron chi connectivity index (χ4n) is 2.35. The average Bonchev–Trinajstić information content (AvgIpc) is 3.03. The normalized spacial score (nSPS) is 12.9. The number of rotatable bonds is 5. The summed E-state index contributed by atoms with van der Waals surface area (Å²) in [6, 6.07) is 7.67. The molecular formula is C16H15F2NS2. The van der Waals surface area contributed by atoms with Crippen molar-refractivity contribution in [3.63, 3.8) is 0 Å². The van der Waals surface area contributed by atoms with Crippen molar-refractivity contribution < 1.29 is 8.78 Å². The molecule has 21 heavy (non-hydrogen) atoms. The molecule has 110 valence electrons. The van der Waals surface area contributed by atoms with Gasteiger partial charge in [0.1, 0.15) is 11.6 Å². The summed E-state index contributed by atoms with van der Waals surface area (Å²) in [5.74, 6) is -0.999. The third kappa shape index (κ3) is 2.86. The van der Waals surface area contributed by atoms with Gasteiger partial charge in [-0.3, -0.25) is 0 Å². The van der Waals surface area contributed by atoms with Gasteiger partial charge in [0, 0.05) is 19.8 Å². The Labute approximate surface area is 130 Å². The highest BCUT2D eigenvalue weighted by Crippen LogP contribution is 2.37. The van der Waals surface area contributed by atoms with Crippen LogP contribution < -0.4 is 5.32 Å². The first kappa shape index (κ1) is 14.6. The van der Waals surface area contributed by atoms with Crippen molar-refractivity contribution in [2.24, 2.45) is 0 Å². The standard InChI is InChI=1S/C16H15F2NS2/c1-2-7-19-16(15-10(17)4-3-5-11(15)18)14-9-13-12(21-14)6-8-20-13/h3-6,8-9,16,19H,2,7H2,1H3. The van der Waals surface area contributed by atoms with E-state index < -0.39 is 17.7 Å². The monoisotopic (exact) mass is 323 g/mol. The molecule has 0 aliphatic rings. The molecule has 1 aromatic carbocycles. The van der Waals surface area contributed by atoms with Crippen molar-refractivity contribution in [2.45, 2.75) is 19.4 Å². The molecule has 2 aromatic heterocycles. The highest BCUT2D eigenvalue weighted by atomic mass is 32.1. The Balaban J connectivity index is 2.07. The maximum absolute atomic E-state index is 14.1. The number of halogens is 2. The Morgan fingerprint density at radius 2 is 1.90 bits per heavy atom. The number of benzene rings is 1. The van der Waals surface area contributed by atoms with Gasteiger partial charge >= 0.3 is 0 Å². The van der Waals surface area contributed by atoms with E-state index in [0.717, 1.165) is 20.7 Å². The molecule has 1 N–H and O–H groups in total. The quantitative estimate of drug-likeness (QED) is 0.669. The van der Waals surface area contributed by atoms with Gasteiger partial charge in [0.25, 0.3) is 0 Å². The zero-order chi connectivity index (χ0) is 14.8. The van der Waals surface area contributed by atoms with Crippen molar-refractivity contribution in [2.75, 3.05) is 6.54 Å². The number of thiophene rings is 2. The van der Waals surface area contributed by atoms with E-state index in [1.165, 1.54) is 18.2 Å². The minimum Gasteiger partial charge on any atom is -0.305 e. The van der Waals surface area contributed by atoms with Gasteiger partial charge in [-0.05, 0) is 42.6 Å². The number of nitrogens with one attached hydrogen (secondary N) is 1. The first-order chi connectivity index (χ1) is 10.2. The summed E-state index contributed by atoms with van der Waals surface area (Å²) in [6.07, 6.45) is 0.909. The zero-order valence-corrected chi connectivity index (χ0v) is 13.2.